The first-order valence-electron chi connectivity index (χ1n) is 11.3. The summed E-state index contributed by atoms with van der Waals surface area (Å²) >= 11 is 0. The van der Waals surface area contributed by atoms with Crippen molar-refractivity contribution in [2.45, 2.75) is 64.2 Å². The predicted octanol–water partition coefficient (Wildman–Crippen LogP) is 8.16. The molecular weight excluding hydrogens is 348 g/mol. The molecule has 3 aliphatic rings. The first-order chi connectivity index (χ1) is 14.0. The van der Waals surface area contributed by atoms with E-state index in [1.165, 1.54) is 59.1 Å². The Hall–Kier alpha value is -2.34. The average Bonchev–Trinajstić information content (AvgIpc) is 3.46. The summed E-state index contributed by atoms with van der Waals surface area (Å²) in [7, 11) is 0. The molecular formula is C29H32. The van der Waals surface area contributed by atoms with Crippen LogP contribution in [-0.4, -0.2) is 0 Å². The normalized spacial score (nSPS) is 21.4. The van der Waals surface area contributed by atoms with E-state index in [0.29, 0.717) is 5.92 Å². The van der Waals surface area contributed by atoms with Crippen LogP contribution in [0.1, 0.15) is 86.6 Å². The molecule has 0 bridgehead atoms. The third-order valence-electron chi connectivity index (χ3n) is 7.14. The number of rotatable bonds is 3. The lowest BCUT2D eigenvalue weighted by atomic mass is 9.85. The van der Waals surface area contributed by atoms with Crippen molar-refractivity contribution < 1.29 is 0 Å². The van der Waals surface area contributed by atoms with E-state index in [0.717, 1.165) is 12.3 Å². The van der Waals surface area contributed by atoms with E-state index >= 15 is 0 Å². The SMILES string of the molecule is CC(C)(C)c1cccc(C2=CC(c3ccc4c(c3)C=CC4C3CCCC3)=CC2)c1. The second-order valence-electron chi connectivity index (χ2n) is 10.1. The molecule has 0 N–H and O–H groups in total. The van der Waals surface area contributed by atoms with Crippen LogP contribution in [0.2, 0.25) is 0 Å². The third-order valence-corrected chi connectivity index (χ3v) is 7.14. The minimum atomic E-state index is 0.188. The molecule has 0 saturated heterocycles. The number of hydrogen-bond donors (Lipinski definition) is 0. The van der Waals surface area contributed by atoms with Crippen LogP contribution in [-0.2, 0) is 5.41 Å². The Bertz CT molecular complexity index is 1020. The molecule has 5 rings (SSSR count). The van der Waals surface area contributed by atoms with Crippen molar-refractivity contribution in [2.24, 2.45) is 5.92 Å². The summed E-state index contributed by atoms with van der Waals surface area (Å²) in [4.78, 5) is 0. The van der Waals surface area contributed by atoms with E-state index < -0.39 is 0 Å². The monoisotopic (exact) mass is 380 g/mol. The fraction of sp³-hybridized carbons (Fsp3) is 0.379. The summed E-state index contributed by atoms with van der Waals surface area (Å²) < 4.78 is 0. The van der Waals surface area contributed by atoms with Crippen molar-refractivity contribution in [1.82, 2.24) is 0 Å². The van der Waals surface area contributed by atoms with Crippen molar-refractivity contribution in [3.05, 3.63) is 88.5 Å². The Balaban J connectivity index is 1.39. The van der Waals surface area contributed by atoms with Crippen LogP contribution >= 0.6 is 0 Å². The standard InChI is InChI=1S/C29H32/c1-29(2,3)26-10-6-9-21(19-26)22-11-12-23(17-22)24-13-15-28-25(18-24)14-16-27(28)20-7-4-5-8-20/h6,9-10,12-20,27H,4-5,7-8,11H2,1-3H3. The summed E-state index contributed by atoms with van der Waals surface area (Å²) in [6.45, 7) is 6.86. The molecule has 0 heterocycles. The molecule has 1 unspecified atom stereocenters. The van der Waals surface area contributed by atoms with E-state index in [-0.39, 0.29) is 5.41 Å². The van der Waals surface area contributed by atoms with Crippen LogP contribution in [0.25, 0.3) is 17.2 Å². The fourth-order valence-corrected chi connectivity index (χ4v) is 5.35. The summed E-state index contributed by atoms with van der Waals surface area (Å²) in [6.07, 6.45) is 16.3. The quantitative estimate of drug-likeness (QED) is 0.504. The Kier molecular flexibility index (Phi) is 4.62. The first-order valence-corrected chi connectivity index (χ1v) is 11.3. The lowest BCUT2D eigenvalue weighted by molar-refractivity contribution is 0.498. The average molecular weight is 381 g/mol. The van der Waals surface area contributed by atoms with Gasteiger partial charge in [0.2, 0.25) is 0 Å². The van der Waals surface area contributed by atoms with E-state index in [2.05, 4.69) is 87.5 Å². The number of fused-ring (bicyclic) bond motifs is 1. The van der Waals surface area contributed by atoms with Crippen LogP contribution in [0, 0.1) is 5.92 Å². The number of hydrogen-bond acceptors (Lipinski definition) is 0. The van der Waals surface area contributed by atoms with Gasteiger partial charge in [-0.15, -0.1) is 0 Å². The molecule has 0 spiro atoms. The Labute approximate surface area is 176 Å². The Morgan fingerprint density at radius 2 is 1.72 bits per heavy atom. The molecule has 0 aromatic heterocycles. The zero-order valence-electron chi connectivity index (χ0n) is 18.0. The summed E-state index contributed by atoms with van der Waals surface area (Å²) in [5.74, 6) is 1.52. The van der Waals surface area contributed by atoms with Gasteiger partial charge in [0.1, 0.15) is 0 Å². The molecule has 0 amide bonds. The smallest absolute Gasteiger partial charge is 0.00555 e. The van der Waals surface area contributed by atoms with Gasteiger partial charge in [-0.3, -0.25) is 0 Å². The predicted molar refractivity (Wildman–Crippen MR) is 126 cm³/mol. The Morgan fingerprint density at radius 1 is 0.897 bits per heavy atom. The van der Waals surface area contributed by atoms with Gasteiger partial charge >= 0.3 is 0 Å². The fourth-order valence-electron chi connectivity index (χ4n) is 5.35. The lowest BCUT2D eigenvalue weighted by Crippen LogP contribution is -2.10. The molecule has 1 atom stereocenters. The van der Waals surface area contributed by atoms with Crippen LogP contribution in [0.3, 0.4) is 0 Å². The van der Waals surface area contributed by atoms with Crippen LogP contribution < -0.4 is 0 Å². The van der Waals surface area contributed by atoms with E-state index in [9.17, 15) is 0 Å². The maximum atomic E-state index is 2.47. The zero-order chi connectivity index (χ0) is 20.0. The van der Waals surface area contributed by atoms with Crippen LogP contribution in [0.4, 0.5) is 0 Å². The van der Waals surface area contributed by atoms with E-state index in [1.54, 1.807) is 5.56 Å². The highest BCUT2D eigenvalue weighted by molar-refractivity contribution is 5.90. The minimum absolute atomic E-state index is 0.188. The summed E-state index contributed by atoms with van der Waals surface area (Å²) in [5, 5.41) is 0. The highest BCUT2D eigenvalue weighted by Gasteiger charge is 2.28. The van der Waals surface area contributed by atoms with Crippen molar-refractivity contribution in [3.8, 4) is 0 Å². The molecule has 2 aromatic carbocycles. The number of benzene rings is 2. The van der Waals surface area contributed by atoms with Gasteiger partial charge in [-0.1, -0.05) is 94.3 Å². The summed E-state index contributed by atoms with van der Waals surface area (Å²) in [6, 6.07) is 16.3. The van der Waals surface area contributed by atoms with Gasteiger partial charge in [0, 0.05) is 5.92 Å². The second kappa shape index (κ2) is 7.17. The van der Waals surface area contributed by atoms with Gasteiger partial charge in [0.25, 0.3) is 0 Å². The third kappa shape index (κ3) is 3.54. The zero-order valence-corrected chi connectivity index (χ0v) is 18.0. The van der Waals surface area contributed by atoms with E-state index in [4.69, 9.17) is 0 Å². The molecule has 0 radical (unpaired) electrons. The molecule has 29 heavy (non-hydrogen) atoms. The number of allylic oxidation sites excluding steroid dienone is 5. The molecule has 1 saturated carbocycles. The maximum absolute atomic E-state index is 2.47. The van der Waals surface area contributed by atoms with Crippen molar-refractivity contribution in [3.63, 3.8) is 0 Å². The highest BCUT2D eigenvalue weighted by atomic mass is 14.3. The van der Waals surface area contributed by atoms with Crippen LogP contribution in [0.15, 0.2) is 60.7 Å². The van der Waals surface area contributed by atoms with E-state index in [1.807, 2.05) is 0 Å². The maximum Gasteiger partial charge on any atom is 0.00555 e. The Morgan fingerprint density at radius 3 is 2.52 bits per heavy atom. The topological polar surface area (TPSA) is 0 Å². The van der Waals surface area contributed by atoms with Gasteiger partial charge in [0.15, 0.2) is 0 Å². The van der Waals surface area contributed by atoms with Gasteiger partial charge in [-0.05, 0) is 75.6 Å². The van der Waals surface area contributed by atoms with Gasteiger partial charge < -0.3 is 0 Å². The van der Waals surface area contributed by atoms with Gasteiger partial charge in [-0.25, -0.2) is 0 Å². The minimum Gasteiger partial charge on any atom is -0.0761 e. The molecule has 3 aliphatic carbocycles. The molecule has 0 heteroatoms. The molecule has 1 fully saturated rings. The molecule has 2 aromatic rings. The van der Waals surface area contributed by atoms with Gasteiger partial charge in [-0.2, -0.15) is 0 Å². The first kappa shape index (κ1) is 18.7. The molecule has 0 aliphatic heterocycles. The van der Waals surface area contributed by atoms with Crippen molar-refractivity contribution >= 4 is 17.2 Å². The second-order valence-corrected chi connectivity index (χ2v) is 10.1. The van der Waals surface area contributed by atoms with Gasteiger partial charge in [0.05, 0.1) is 0 Å². The van der Waals surface area contributed by atoms with Crippen molar-refractivity contribution in [2.75, 3.05) is 0 Å². The van der Waals surface area contributed by atoms with Crippen molar-refractivity contribution in [1.29, 1.82) is 0 Å². The lowest BCUT2D eigenvalue weighted by Gasteiger charge is -2.20. The molecule has 148 valence electrons. The highest BCUT2D eigenvalue weighted by Crippen LogP contribution is 2.44. The van der Waals surface area contributed by atoms with Crippen LogP contribution in [0.5, 0.6) is 0 Å². The molecule has 0 nitrogen and oxygen atoms in total. The largest absolute Gasteiger partial charge is 0.0761 e. The summed E-state index contributed by atoms with van der Waals surface area (Å²) in [5.41, 5.74) is 10.1.